The molecule has 0 unspecified atom stereocenters. The summed E-state index contributed by atoms with van der Waals surface area (Å²) in [5, 5.41) is 20.6. The van der Waals surface area contributed by atoms with E-state index >= 15 is 0 Å². The van der Waals surface area contributed by atoms with Crippen molar-refractivity contribution in [3.63, 3.8) is 0 Å². The lowest BCUT2D eigenvalue weighted by Crippen LogP contribution is -2.16. The molecule has 8 nitrogen and oxygen atoms in total. The molecule has 1 heterocycles. The van der Waals surface area contributed by atoms with Gasteiger partial charge in [0.25, 0.3) is 0 Å². The molecule has 1 aliphatic rings. The van der Waals surface area contributed by atoms with Gasteiger partial charge in [-0.25, -0.2) is 0 Å². The van der Waals surface area contributed by atoms with Crippen molar-refractivity contribution >= 4 is 11.4 Å². The molecule has 0 saturated carbocycles. The first-order valence-corrected chi connectivity index (χ1v) is 7.88. The molecule has 8 heteroatoms. The molecule has 0 aliphatic carbocycles. The minimum atomic E-state index is 0.555. The highest BCUT2D eigenvalue weighted by atomic mass is 16.5. The van der Waals surface area contributed by atoms with Crippen LogP contribution in [0.2, 0.25) is 0 Å². The van der Waals surface area contributed by atoms with E-state index in [0.29, 0.717) is 6.67 Å². The molecule has 130 valence electrons. The Morgan fingerprint density at radius 1 is 0.680 bits per heavy atom. The van der Waals surface area contributed by atoms with Crippen LogP contribution >= 0.6 is 0 Å². The Hall–Kier alpha value is -3.16. The van der Waals surface area contributed by atoms with E-state index in [1.165, 1.54) is 0 Å². The van der Waals surface area contributed by atoms with Crippen LogP contribution in [0.25, 0.3) is 0 Å². The highest BCUT2D eigenvalue weighted by molar-refractivity contribution is 5.41. The maximum atomic E-state index is 5.12. The Balaban J connectivity index is 1.52. The van der Waals surface area contributed by atoms with E-state index in [4.69, 9.17) is 9.47 Å². The lowest BCUT2D eigenvalue weighted by atomic mass is 10.3. The number of hydrogen-bond donors (Lipinski definition) is 0. The van der Waals surface area contributed by atoms with Gasteiger partial charge >= 0.3 is 0 Å². The van der Waals surface area contributed by atoms with Crippen LogP contribution in [-0.2, 0) is 0 Å². The molecule has 0 atom stereocenters. The molecule has 0 N–H and O–H groups in total. The lowest BCUT2D eigenvalue weighted by Gasteiger charge is -2.10. The summed E-state index contributed by atoms with van der Waals surface area (Å²) in [7, 11) is 3.27. The molecular formula is C17H20N6O2. The van der Waals surface area contributed by atoms with Crippen molar-refractivity contribution in [2.75, 3.05) is 34.0 Å². The zero-order valence-corrected chi connectivity index (χ0v) is 14.2. The van der Waals surface area contributed by atoms with Gasteiger partial charge < -0.3 is 9.47 Å². The van der Waals surface area contributed by atoms with Gasteiger partial charge in [0.1, 0.15) is 18.2 Å². The number of ether oxygens (including phenoxy) is 2. The van der Waals surface area contributed by atoms with E-state index in [1.54, 1.807) is 14.2 Å². The Morgan fingerprint density at radius 3 is 1.44 bits per heavy atom. The van der Waals surface area contributed by atoms with Crippen molar-refractivity contribution in [3.8, 4) is 11.5 Å². The van der Waals surface area contributed by atoms with Gasteiger partial charge in [-0.1, -0.05) is 10.4 Å². The number of nitrogens with zero attached hydrogens (tertiary/aromatic N) is 6. The third kappa shape index (κ3) is 4.66. The first-order valence-electron chi connectivity index (χ1n) is 7.88. The molecule has 0 bridgehead atoms. The van der Waals surface area contributed by atoms with E-state index in [2.05, 4.69) is 20.7 Å². The fourth-order valence-electron chi connectivity index (χ4n) is 2.23. The largest absolute Gasteiger partial charge is 0.497 e. The number of rotatable bonds is 6. The summed E-state index contributed by atoms with van der Waals surface area (Å²) in [5.74, 6) is 1.59. The molecule has 0 aromatic heterocycles. The third-order valence-corrected chi connectivity index (χ3v) is 3.66. The van der Waals surface area contributed by atoms with Crippen molar-refractivity contribution in [3.05, 3.63) is 48.5 Å². The summed E-state index contributed by atoms with van der Waals surface area (Å²) < 4.78 is 10.2. The fraction of sp³-hybridized carbons (Fsp3) is 0.294. The van der Waals surface area contributed by atoms with Gasteiger partial charge in [0.15, 0.2) is 0 Å². The number of hydrogen-bond acceptors (Lipinski definition) is 6. The monoisotopic (exact) mass is 340 g/mol. The van der Waals surface area contributed by atoms with Crippen LogP contribution in [0, 0.1) is 0 Å². The van der Waals surface area contributed by atoms with Crippen molar-refractivity contribution in [1.82, 2.24) is 10.0 Å². The summed E-state index contributed by atoms with van der Waals surface area (Å²) >= 11 is 0. The maximum absolute atomic E-state index is 5.12. The van der Waals surface area contributed by atoms with Gasteiger partial charge in [0, 0.05) is 0 Å². The Morgan fingerprint density at radius 2 is 1.08 bits per heavy atom. The minimum Gasteiger partial charge on any atom is -0.497 e. The highest BCUT2D eigenvalue weighted by Gasteiger charge is 2.17. The summed E-state index contributed by atoms with van der Waals surface area (Å²) in [6.45, 7) is 2.06. The molecule has 1 fully saturated rings. The van der Waals surface area contributed by atoms with Crippen LogP contribution in [0.4, 0.5) is 11.4 Å². The molecule has 0 amide bonds. The van der Waals surface area contributed by atoms with Gasteiger partial charge in [-0.3, -0.25) is 10.0 Å². The van der Waals surface area contributed by atoms with Crippen LogP contribution in [-0.4, -0.2) is 44.0 Å². The van der Waals surface area contributed by atoms with Gasteiger partial charge in [0.05, 0.1) is 38.7 Å². The van der Waals surface area contributed by atoms with E-state index in [-0.39, 0.29) is 0 Å². The molecule has 25 heavy (non-hydrogen) atoms. The summed E-state index contributed by atoms with van der Waals surface area (Å²) in [6.07, 6.45) is 0. The zero-order valence-electron chi connectivity index (χ0n) is 14.2. The second kappa shape index (κ2) is 8.09. The van der Waals surface area contributed by atoms with Crippen molar-refractivity contribution in [1.29, 1.82) is 0 Å². The average Bonchev–Trinajstić information content (AvgIpc) is 3.13. The Kier molecular flexibility index (Phi) is 5.40. The second-order valence-corrected chi connectivity index (χ2v) is 5.38. The van der Waals surface area contributed by atoms with Crippen LogP contribution < -0.4 is 9.47 Å². The normalized spacial score (nSPS) is 14.6. The number of benzene rings is 2. The average molecular weight is 340 g/mol. The zero-order chi connectivity index (χ0) is 17.5. The topological polar surface area (TPSA) is 74.4 Å². The minimum absolute atomic E-state index is 0.555. The smallest absolute Gasteiger partial charge is 0.127 e. The van der Waals surface area contributed by atoms with Crippen molar-refractivity contribution < 1.29 is 9.47 Å². The van der Waals surface area contributed by atoms with E-state index in [0.717, 1.165) is 36.0 Å². The SMILES string of the molecule is COc1ccc(N=NN2CCN(N=Nc3ccc(OC)cc3)C2)cc1. The van der Waals surface area contributed by atoms with E-state index < -0.39 is 0 Å². The Labute approximate surface area is 146 Å². The van der Waals surface area contributed by atoms with E-state index in [9.17, 15) is 0 Å². The fourth-order valence-corrected chi connectivity index (χ4v) is 2.23. The molecular weight excluding hydrogens is 320 g/mol. The third-order valence-electron chi connectivity index (χ3n) is 3.66. The first-order chi connectivity index (χ1) is 12.3. The molecule has 1 aliphatic heterocycles. The quantitative estimate of drug-likeness (QED) is 0.746. The number of methoxy groups -OCH3 is 2. The van der Waals surface area contributed by atoms with Gasteiger partial charge in [-0.05, 0) is 48.5 Å². The lowest BCUT2D eigenvalue weighted by molar-refractivity contribution is 0.240. The summed E-state index contributed by atoms with van der Waals surface area (Å²) in [4.78, 5) is 0. The second-order valence-electron chi connectivity index (χ2n) is 5.38. The molecule has 0 spiro atoms. The van der Waals surface area contributed by atoms with Crippen LogP contribution in [0.5, 0.6) is 11.5 Å². The first kappa shape index (κ1) is 16.7. The van der Waals surface area contributed by atoms with Crippen LogP contribution in [0.15, 0.2) is 69.2 Å². The Bertz CT molecular complexity index is 666. The van der Waals surface area contributed by atoms with Gasteiger partial charge in [-0.15, -0.1) is 10.2 Å². The van der Waals surface area contributed by atoms with Crippen LogP contribution in [0.1, 0.15) is 0 Å². The standard InChI is InChI=1S/C17H20N6O2/c1-24-16-7-3-14(4-8-16)18-20-22-11-12-23(13-22)21-19-15-5-9-17(25-2)10-6-15/h3-10H,11-13H2,1-2H3. The molecule has 2 aromatic carbocycles. The van der Waals surface area contributed by atoms with E-state index in [1.807, 2.05) is 58.5 Å². The molecule has 3 rings (SSSR count). The molecule has 2 aromatic rings. The van der Waals surface area contributed by atoms with Gasteiger partial charge in [0.2, 0.25) is 0 Å². The van der Waals surface area contributed by atoms with Crippen LogP contribution in [0.3, 0.4) is 0 Å². The van der Waals surface area contributed by atoms with Gasteiger partial charge in [-0.2, -0.15) is 0 Å². The van der Waals surface area contributed by atoms with Crippen molar-refractivity contribution in [2.24, 2.45) is 20.7 Å². The molecule has 1 saturated heterocycles. The summed E-state index contributed by atoms with van der Waals surface area (Å²) in [6, 6.07) is 14.9. The summed E-state index contributed by atoms with van der Waals surface area (Å²) in [5.41, 5.74) is 1.55. The highest BCUT2D eigenvalue weighted by Crippen LogP contribution is 2.20. The predicted octanol–water partition coefficient (Wildman–Crippen LogP) is 3.98. The molecule has 0 radical (unpaired) electrons. The predicted molar refractivity (Wildman–Crippen MR) is 93.3 cm³/mol. The maximum Gasteiger partial charge on any atom is 0.127 e. The van der Waals surface area contributed by atoms with Crippen molar-refractivity contribution in [2.45, 2.75) is 0 Å².